The molecule has 19 heteroatoms. The Morgan fingerprint density at radius 2 is 0.469 bits per heavy atom. The minimum Gasteiger partial charge on any atom is -0.462 e. The van der Waals surface area contributed by atoms with Gasteiger partial charge >= 0.3 is 39.5 Å². The van der Waals surface area contributed by atoms with Gasteiger partial charge in [0.15, 0.2) is 12.2 Å². The molecule has 0 saturated heterocycles. The Hall–Kier alpha value is -2.72. The van der Waals surface area contributed by atoms with E-state index in [0.29, 0.717) is 25.7 Å². The molecule has 0 spiro atoms. The van der Waals surface area contributed by atoms with E-state index in [9.17, 15) is 43.2 Å². The predicted molar refractivity (Wildman–Crippen MR) is 400 cm³/mol. The van der Waals surface area contributed by atoms with Crippen LogP contribution in [0, 0.1) is 0 Å². The molecule has 0 fully saturated rings. The molecule has 0 aliphatic heterocycles. The van der Waals surface area contributed by atoms with Gasteiger partial charge in [-0.2, -0.15) is 0 Å². The van der Waals surface area contributed by atoms with Crippen molar-refractivity contribution in [1.29, 1.82) is 0 Å². The maximum absolute atomic E-state index is 13.1. The molecule has 0 amide bonds. The summed E-state index contributed by atoms with van der Waals surface area (Å²) in [6, 6.07) is 0. The summed E-state index contributed by atoms with van der Waals surface area (Å²) in [7, 11) is -9.93. The first-order valence-corrected chi connectivity index (χ1v) is 43.2. The Morgan fingerprint density at radius 1 is 0.276 bits per heavy atom. The number of ether oxygens (including phenoxy) is 4. The van der Waals surface area contributed by atoms with Crippen LogP contribution in [0.15, 0.2) is 36.5 Å². The highest BCUT2D eigenvalue weighted by Crippen LogP contribution is 2.45. The van der Waals surface area contributed by atoms with Gasteiger partial charge in [0.05, 0.1) is 26.4 Å². The number of esters is 4. The molecular formula is C79H148O17P2. The Balaban J connectivity index is 5.31. The number of carbonyl (C=O) groups excluding carboxylic acids is 4. The Morgan fingerprint density at radius 3 is 0.714 bits per heavy atom. The van der Waals surface area contributed by atoms with Gasteiger partial charge in [-0.1, -0.05) is 295 Å². The van der Waals surface area contributed by atoms with Crippen LogP contribution in [0.4, 0.5) is 0 Å². The molecular weight excluding hydrogens is 1280 g/mol. The lowest BCUT2D eigenvalue weighted by atomic mass is 10.0. The zero-order valence-corrected chi connectivity index (χ0v) is 64.8. The minimum atomic E-state index is -4.97. The van der Waals surface area contributed by atoms with Crippen LogP contribution in [-0.2, 0) is 65.4 Å². The van der Waals surface area contributed by atoms with E-state index in [1.807, 2.05) is 0 Å². The number of allylic oxidation sites excluding steroid dienone is 6. The van der Waals surface area contributed by atoms with Crippen LogP contribution in [0.25, 0.3) is 0 Å². The second-order valence-electron chi connectivity index (χ2n) is 27.4. The van der Waals surface area contributed by atoms with E-state index in [2.05, 4.69) is 64.2 Å². The smallest absolute Gasteiger partial charge is 0.462 e. The van der Waals surface area contributed by atoms with Gasteiger partial charge in [-0.05, 0) is 103 Å². The molecule has 0 aliphatic carbocycles. The van der Waals surface area contributed by atoms with E-state index < -0.39 is 97.5 Å². The van der Waals surface area contributed by atoms with Crippen molar-refractivity contribution in [1.82, 2.24) is 0 Å². The molecule has 0 rings (SSSR count). The molecule has 0 aromatic rings. The molecule has 0 saturated carbocycles. The number of phosphoric acid groups is 2. The van der Waals surface area contributed by atoms with Gasteiger partial charge in [-0.15, -0.1) is 0 Å². The molecule has 2 unspecified atom stereocenters. The second kappa shape index (κ2) is 72.6. The van der Waals surface area contributed by atoms with Crippen molar-refractivity contribution in [3.8, 4) is 0 Å². The molecule has 3 N–H and O–H groups in total. The molecule has 0 bridgehead atoms. The zero-order valence-electron chi connectivity index (χ0n) is 63.0. The number of carbonyl (C=O) groups is 4. The molecule has 98 heavy (non-hydrogen) atoms. The van der Waals surface area contributed by atoms with Crippen LogP contribution in [0.3, 0.4) is 0 Å². The third-order valence-electron chi connectivity index (χ3n) is 17.6. The van der Waals surface area contributed by atoms with Gasteiger partial charge in [0.25, 0.3) is 0 Å². The molecule has 0 aromatic heterocycles. The topological polar surface area (TPSA) is 237 Å². The van der Waals surface area contributed by atoms with Crippen molar-refractivity contribution >= 4 is 39.5 Å². The van der Waals surface area contributed by atoms with E-state index in [-0.39, 0.29) is 25.7 Å². The Bertz CT molecular complexity index is 2000. The lowest BCUT2D eigenvalue weighted by Gasteiger charge is -2.21. The Kier molecular flexibility index (Phi) is 70.6. The molecule has 0 heterocycles. The summed E-state index contributed by atoms with van der Waals surface area (Å²) < 4.78 is 68.6. The largest absolute Gasteiger partial charge is 0.472 e. The number of rotatable bonds is 77. The highest BCUT2D eigenvalue weighted by molar-refractivity contribution is 7.47. The minimum absolute atomic E-state index is 0.0894. The lowest BCUT2D eigenvalue weighted by molar-refractivity contribution is -0.161. The standard InChI is InChI=1S/C79H148O17P2/c1-5-9-13-17-21-25-29-33-36-40-43-47-51-55-59-63-76(81)89-69-74(95-78(83)65-61-57-53-49-45-39-32-28-24-20-16-12-8-4)71-93-97(85,86)91-67-73(80)68-92-98(87,88)94-72-75(96-79(84)66-62-58-54-50-46-42-38-35-31-27-23-19-15-11-7-3)70-90-77(82)64-60-56-52-48-44-41-37-34-30-26-22-18-14-10-6-2/h27-28,31-33,36,73-75,80H,5-26,29-30,34-35,37-72H2,1-4H3,(H,85,86)(H,87,88)/b31-27-,32-28-,36-33-/t73-,74-,75-/m1/s1. The van der Waals surface area contributed by atoms with Crippen molar-refractivity contribution in [2.45, 2.75) is 406 Å². The lowest BCUT2D eigenvalue weighted by Crippen LogP contribution is -2.30. The van der Waals surface area contributed by atoms with Gasteiger partial charge in [0.1, 0.15) is 19.3 Å². The first-order valence-electron chi connectivity index (χ1n) is 40.2. The van der Waals surface area contributed by atoms with Crippen LogP contribution in [-0.4, -0.2) is 96.7 Å². The van der Waals surface area contributed by atoms with Gasteiger partial charge in [0.2, 0.25) is 0 Å². The van der Waals surface area contributed by atoms with Crippen LogP contribution in [0.1, 0.15) is 387 Å². The highest BCUT2D eigenvalue weighted by Gasteiger charge is 2.30. The summed E-state index contributed by atoms with van der Waals surface area (Å²) in [5.41, 5.74) is 0. The molecule has 576 valence electrons. The average molecular weight is 1430 g/mol. The maximum atomic E-state index is 13.1. The van der Waals surface area contributed by atoms with Crippen molar-refractivity contribution < 1.29 is 80.2 Å². The number of phosphoric ester groups is 2. The van der Waals surface area contributed by atoms with E-state index in [1.54, 1.807) is 0 Å². The summed E-state index contributed by atoms with van der Waals surface area (Å²) in [5, 5.41) is 10.6. The number of aliphatic hydroxyl groups is 1. The summed E-state index contributed by atoms with van der Waals surface area (Å²) in [6.45, 7) is 4.91. The summed E-state index contributed by atoms with van der Waals surface area (Å²) in [6.07, 6.45) is 68.3. The molecule has 5 atom stereocenters. The predicted octanol–water partition coefficient (Wildman–Crippen LogP) is 23.1. The zero-order chi connectivity index (χ0) is 71.8. The molecule has 0 aliphatic rings. The monoisotopic (exact) mass is 1430 g/mol. The van der Waals surface area contributed by atoms with E-state index >= 15 is 0 Å². The highest BCUT2D eigenvalue weighted by atomic mass is 31.2. The van der Waals surface area contributed by atoms with E-state index in [4.69, 9.17) is 37.0 Å². The first kappa shape index (κ1) is 95.3. The van der Waals surface area contributed by atoms with E-state index in [0.717, 1.165) is 148 Å². The average Bonchev–Trinajstić information content (AvgIpc) is 0.984. The van der Waals surface area contributed by atoms with Gasteiger partial charge < -0.3 is 33.8 Å². The second-order valence-corrected chi connectivity index (χ2v) is 30.3. The normalized spacial score (nSPS) is 14.1. The molecule has 0 aromatic carbocycles. The van der Waals surface area contributed by atoms with Crippen LogP contribution in [0.5, 0.6) is 0 Å². The van der Waals surface area contributed by atoms with Crippen molar-refractivity contribution in [2.75, 3.05) is 39.6 Å². The molecule has 17 nitrogen and oxygen atoms in total. The van der Waals surface area contributed by atoms with Crippen LogP contribution in [0.2, 0.25) is 0 Å². The summed E-state index contributed by atoms with van der Waals surface area (Å²) >= 11 is 0. The fraction of sp³-hybridized carbons (Fsp3) is 0.873. The fourth-order valence-corrected chi connectivity index (χ4v) is 13.0. The van der Waals surface area contributed by atoms with Gasteiger partial charge in [-0.25, -0.2) is 9.13 Å². The van der Waals surface area contributed by atoms with Gasteiger partial charge in [0, 0.05) is 25.7 Å². The third-order valence-corrected chi connectivity index (χ3v) is 19.5. The quantitative estimate of drug-likeness (QED) is 0.0169. The summed E-state index contributed by atoms with van der Waals surface area (Å²) in [4.78, 5) is 72.9. The summed E-state index contributed by atoms with van der Waals surface area (Å²) in [5.74, 6) is -2.15. The van der Waals surface area contributed by atoms with Crippen molar-refractivity contribution in [3.63, 3.8) is 0 Å². The Labute approximate surface area is 598 Å². The van der Waals surface area contributed by atoms with Gasteiger partial charge in [-0.3, -0.25) is 37.3 Å². The van der Waals surface area contributed by atoms with E-state index in [1.165, 1.54) is 161 Å². The number of unbranched alkanes of at least 4 members (excludes halogenated alkanes) is 45. The van der Waals surface area contributed by atoms with Crippen LogP contribution < -0.4 is 0 Å². The van der Waals surface area contributed by atoms with Crippen LogP contribution >= 0.6 is 15.6 Å². The van der Waals surface area contributed by atoms with Crippen molar-refractivity contribution in [2.24, 2.45) is 0 Å². The molecule has 0 radical (unpaired) electrons. The number of aliphatic hydroxyl groups excluding tert-OH is 1. The fourth-order valence-electron chi connectivity index (χ4n) is 11.4. The van der Waals surface area contributed by atoms with Crippen molar-refractivity contribution in [3.05, 3.63) is 36.5 Å². The first-order chi connectivity index (χ1) is 47.7. The SMILES string of the molecule is CCCCCC/C=C\CCCCCCCCCC(=O)O[C@H](COC(=O)CCCCCCCCCCCCCCCCC)COP(=O)(O)OC[C@H](O)COP(=O)(O)OC[C@@H](COC(=O)CCCCCCC/C=C\CCCCCCCC)OC(=O)CCCCCCC/C=C\CCCCCC. The maximum Gasteiger partial charge on any atom is 0.472 e. The number of hydrogen-bond acceptors (Lipinski definition) is 15. The number of hydrogen-bond donors (Lipinski definition) is 3. The third kappa shape index (κ3) is 71.7.